The number of aromatic nitrogens is 1. The molecule has 1 heterocycles. The third kappa shape index (κ3) is 1.91. The van der Waals surface area contributed by atoms with Crippen molar-refractivity contribution in [3.05, 3.63) is 47.0 Å². The van der Waals surface area contributed by atoms with Gasteiger partial charge in [0.2, 0.25) is 5.82 Å². The minimum Gasteiger partial charge on any atom is -0.397 e. The van der Waals surface area contributed by atoms with E-state index in [-0.39, 0.29) is 16.9 Å². The molecule has 0 saturated carbocycles. The Morgan fingerprint density at radius 2 is 1.37 bits per heavy atom. The van der Waals surface area contributed by atoms with Crippen LogP contribution in [0.25, 0.3) is 11.1 Å². The van der Waals surface area contributed by atoms with Crippen LogP contribution in [0.4, 0.5) is 27.6 Å². The molecule has 0 bridgehead atoms. The Balaban J connectivity index is 2.87. The Labute approximate surface area is 104 Å². The number of hydrogen-bond acceptors (Lipinski definition) is 2. The normalized spacial score (nSPS) is 10.8. The van der Waals surface area contributed by atoms with E-state index in [1.807, 2.05) is 0 Å². The maximum atomic E-state index is 13.6. The average molecular weight is 274 g/mol. The highest BCUT2D eigenvalue weighted by Gasteiger charge is 2.27. The Bertz CT molecular complexity index is 641. The Kier molecular flexibility index (Phi) is 3.13. The number of halogens is 5. The predicted molar refractivity (Wildman–Crippen MR) is 58.6 cm³/mol. The van der Waals surface area contributed by atoms with Crippen LogP contribution >= 0.6 is 0 Å². The van der Waals surface area contributed by atoms with Crippen molar-refractivity contribution >= 4 is 5.69 Å². The van der Waals surface area contributed by atoms with Crippen LogP contribution in [0.3, 0.4) is 0 Å². The second kappa shape index (κ2) is 4.49. The highest BCUT2D eigenvalue weighted by Crippen LogP contribution is 2.35. The fourth-order valence-electron chi connectivity index (χ4n) is 1.64. The number of nitrogen functional groups attached to an aromatic ring is 1. The Morgan fingerprint density at radius 3 is 1.89 bits per heavy atom. The molecule has 0 saturated heterocycles. The average Bonchev–Trinajstić information content (AvgIpc) is 2.39. The number of nitrogens with zero attached hydrogens (tertiary/aromatic N) is 1. The highest BCUT2D eigenvalue weighted by molar-refractivity contribution is 5.78. The van der Waals surface area contributed by atoms with E-state index in [4.69, 9.17) is 5.73 Å². The third-order valence-corrected chi connectivity index (χ3v) is 2.67. The van der Waals surface area contributed by atoms with Gasteiger partial charge in [0.1, 0.15) is 0 Å². The summed E-state index contributed by atoms with van der Waals surface area (Å²) >= 11 is 0. The van der Waals surface area contributed by atoms with Gasteiger partial charge in [-0.3, -0.25) is 4.98 Å². The zero-order valence-corrected chi connectivity index (χ0v) is 9.57. The first-order valence-electron chi connectivity index (χ1n) is 5.09. The summed E-state index contributed by atoms with van der Waals surface area (Å²) < 4.78 is 66.3. The number of rotatable bonds is 1. The summed E-state index contributed by atoms with van der Waals surface area (Å²) in [6.45, 7) is 1.45. The lowest BCUT2D eigenvalue weighted by Crippen LogP contribution is -2.06. The topological polar surface area (TPSA) is 38.9 Å². The summed E-state index contributed by atoms with van der Waals surface area (Å²) in [4.78, 5) is 3.76. The molecule has 2 rings (SSSR count). The zero-order valence-electron chi connectivity index (χ0n) is 9.57. The third-order valence-electron chi connectivity index (χ3n) is 2.67. The molecule has 2 nitrogen and oxygen atoms in total. The van der Waals surface area contributed by atoms with Crippen LogP contribution in [-0.2, 0) is 0 Å². The number of benzene rings is 1. The number of pyridine rings is 1. The van der Waals surface area contributed by atoms with E-state index in [2.05, 4.69) is 4.98 Å². The van der Waals surface area contributed by atoms with E-state index in [0.29, 0.717) is 0 Å². The van der Waals surface area contributed by atoms with Gasteiger partial charge in [0, 0.05) is 11.8 Å². The molecule has 0 amide bonds. The van der Waals surface area contributed by atoms with E-state index in [1.54, 1.807) is 0 Å². The van der Waals surface area contributed by atoms with Gasteiger partial charge in [0.15, 0.2) is 23.3 Å². The molecule has 1 aromatic heterocycles. The monoisotopic (exact) mass is 274 g/mol. The summed E-state index contributed by atoms with van der Waals surface area (Å²) in [6.07, 6.45) is 1.17. The molecule has 1 aromatic carbocycles. The van der Waals surface area contributed by atoms with Crippen LogP contribution in [0.15, 0.2) is 12.3 Å². The molecule has 0 aliphatic heterocycles. The van der Waals surface area contributed by atoms with E-state index < -0.39 is 34.6 Å². The van der Waals surface area contributed by atoms with Crippen LogP contribution in [0, 0.1) is 36.0 Å². The first-order chi connectivity index (χ1) is 8.86. The van der Waals surface area contributed by atoms with E-state index >= 15 is 0 Å². The van der Waals surface area contributed by atoms with Crippen molar-refractivity contribution in [2.45, 2.75) is 6.92 Å². The van der Waals surface area contributed by atoms with Crippen LogP contribution in [0.2, 0.25) is 0 Å². The second-order valence-electron chi connectivity index (χ2n) is 3.80. The van der Waals surface area contributed by atoms with E-state index in [9.17, 15) is 22.0 Å². The minimum atomic E-state index is -2.21. The van der Waals surface area contributed by atoms with Gasteiger partial charge in [-0.1, -0.05) is 0 Å². The highest BCUT2D eigenvalue weighted by atomic mass is 19.2. The van der Waals surface area contributed by atoms with Gasteiger partial charge in [0.05, 0.1) is 16.9 Å². The molecular weight excluding hydrogens is 267 g/mol. The zero-order chi connectivity index (χ0) is 14.3. The fourth-order valence-corrected chi connectivity index (χ4v) is 1.64. The predicted octanol–water partition coefficient (Wildman–Crippen LogP) is 3.33. The second-order valence-corrected chi connectivity index (χ2v) is 3.80. The SMILES string of the molecule is Cc1nccc(-c2c(F)c(F)c(F)c(F)c2F)c1N. The fraction of sp³-hybridized carbons (Fsp3) is 0.0833. The molecule has 0 fully saturated rings. The molecule has 0 aliphatic carbocycles. The number of anilines is 1. The van der Waals surface area contributed by atoms with Gasteiger partial charge in [-0.05, 0) is 13.0 Å². The number of hydrogen-bond donors (Lipinski definition) is 1. The molecule has 0 unspecified atom stereocenters. The maximum Gasteiger partial charge on any atom is 0.200 e. The first-order valence-corrected chi connectivity index (χ1v) is 5.09. The van der Waals surface area contributed by atoms with Crippen molar-refractivity contribution in [2.24, 2.45) is 0 Å². The van der Waals surface area contributed by atoms with E-state index in [1.165, 1.54) is 13.1 Å². The largest absolute Gasteiger partial charge is 0.397 e. The Hall–Kier alpha value is -2.18. The first kappa shape index (κ1) is 13.3. The molecule has 19 heavy (non-hydrogen) atoms. The molecule has 0 radical (unpaired) electrons. The van der Waals surface area contributed by atoms with Crippen molar-refractivity contribution < 1.29 is 22.0 Å². The summed E-state index contributed by atoms with van der Waals surface area (Å²) in [5, 5.41) is 0. The molecule has 2 aromatic rings. The lowest BCUT2D eigenvalue weighted by molar-refractivity contribution is 0.381. The van der Waals surface area contributed by atoms with Crippen molar-refractivity contribution in [3.63, 3.8) is 0 Å². The van der Waals surface area contributed by atoms with Gasteiger partial charge >= 0.3 is 0 Å². The lowest BCUT2D eigenvalue weighted by Gasteiger charge is -2.11. The molecule has 0 aliphatic rings. The number of nitrogens with two attached hydrogens (primary N) is 1. The molecule has 0 atom stereocenters. The molecule has 7 heteroatoms. The quantitative estimate of drug-likeness (QED) is 0.492. The van der Waals surface area contributed by atoms with Crippen molar-refractivity contribution in [1.29, 1.82) is 0 Å². The summed E-state index contributed by atoms with van der Waals surface area (Å²) in [5.74, 6) is -10.1. The summed E-state index contributed by atoms with van der Waals surface area (Å²) in [5.41, 5.74) is 4.28. The smallest absolute Gasteiger partial charge is 0.200 e. The van der Waals surface area contributed by atoms with Crippen molar-refractivity contribution in [2.75, 3.05) is 5.73 Å². The Morgan fingerprint density at radius 1 is 0.895 bits per heavy atom. The van der Waals surface area contributed by atoms with Crippen LogP contribution in [0.5, 0.6) is 0 Å². The number of aryl methyl sites for hydroxylation is 1. The molecular formula is C12H7F5N2. The van der Waals surface area contributed by atoms with Gasteiger partial charge in [0.25, 0.3) is 0 Å². The van der Waals surface area contributed by atoms with Gasteiger partial charge in [-0.2, -0.15) is 0 Å². The maximum absolute atomic E-state index is 13.6. The minimum absolute atomic E-state index is 0.147. The van der Waals surface area contributed by atoms with Crippen LogP contribution in [0.1, 0.15) is 5.69 Å². The van der Waals surface area contributed by atoms with E-state index in [0.717, 1.165) is 6.07 Å². The molecule has 100 valence electrons. The van der Waals surface area contributed by atoms with Crippen molar-refractivity contribution in [1.82, 2.24) is 4.98 Å². The summed E-state index contributed by atoms with van der Waals surface area (Å²) in [6, 6.07) is 1.08. The van der Waals surface area contributed by atoms with Crippen molar-refractivity contribution in [3.8, 4) is 11.1 Å². The van der Waals surface area contributed by atoms with Gasteiger partial charge in [-0.25, -0.2) is 22.0 Å². The lowest BCUT2D eigenvalue weighted by atomic mass is 10.0. The van der Waals surface area contributed by atoms with Crippen LogP contribution in [-0.4, -0.2) is 4.98 Å². The molecule has 2 N–H and O–H groups in total. The molecule has 0 spiro atoms. The van der Waals surface area contributed by atoms with Crippen LogP contribution < -0.4 is 5.73 Å². The standard InChI is InChI=1S/C12H7F5N2/c1-4-12(18)5(2-3-19-4)6-7(13)9(15)11(17)10(16)8(6)14/h2-3H,18H2,1H3. The summed E-state index contributed by atoms with van der Waals surface area (Å²) in [7, 11) is 0. The van der Waals surface area contributed by atoms with Gasteiger partial charge in [-0.15, -0.1) is 0 Å². The van der Waals surface area contributed by atoms with Gasteiger partial charge < -0.3 is 5.73 Å².